The molecule has 0 aliphatic carbocycles. The van der Waals surface area contributed by atoms with Crippen LogP contribution in [0.25, 0.3) is 0 Å². The number of nitrogens with one attached hydrogen (secondary N) is 1. The molecule has 0 bridgehead atoms. The lowest BCUT2D eigenvalue weighted by atomic mass is 10.0. The zero-order valence-corrected chi connectivity index (χ0v) is 10.7. The molecule has 1 unspecified atom stereocenters. The summed E-state index contributed by atoms with van der Waals surface area (Å²) in [6, 6.07) is 0. The molecule has 2 N–H and O–H groups in total. The molecule has 0 aromatic heterocycles. The lowest BCUT2D eigenvalue weighted by Gasteiger charge is -2.25. The standard InChI is InChI=1S/C12H25NO3/c1-4-12(2,16-3)11(15)13-9-7-5-6-8-10-14/h14H,4-10H2,1-3H3,(H,13,15). The second-order valence-corrected chi connectivity index (χ2v) is 4.18. The minimum absolute atomic E-state index is 0.0420. The maximum atomic E-state index is 11.7. The van der Waals surface area contributed by atoms with Crippen molar-refractivity contribution in [3.63, 3.8) is 0 Å². The van der Waals surface area contributed by atoms with E-state index in [-0.39, 0.29) is 12.5 Å². The van der Waals surface area contributed by atoms with Gasteiger partial charge in [-0.05, 0) is 26.2 Å². The van der Waals surface area contributed by atoms with Crippen LogP contribution in [0.3, 0.4) is 0 Å². The average molecular weight is 231 g/mol. The zero-order valence-electron chi connectivity index (χ0n) is 10.7. The smallest absolute Gasteiger partial charge is 0.251 e. The second kappa shape index (κ2) is 8.53. The predicted octanol–water partition coefficient (Wildman–Crippen LogP) is 1.47. The Morgan fingerprint density at radius 2 is 1.94 bits per heavy atom. The van der Waals surface area contributed by atoms with Gasteiger partial charge in [0.15, 0.2) is 0 Å². The van der Waals surface area contributed by atoms with Gasteiger partial charge in [-0.1, -0.05) is 19.8 Å². The van der Waals surface area contributed by atoms with Gasteiger partial charge in [-0.2, -0.15) is 0 Å². The minimum Gasteiger partial charge on any atom is -0.396 e. The van der Waals surface area contributed by atoms with E-state index < -0.39 is 5.60 Å². The van der Waals surface area contributed by atoms with Crippen molar-refractivity contribution in [1.29, 1.82) is 0 Å². The van der Waals surface area contributed by atoms with E-state index in [0.29, 0.717) is 13.0 Å². The Bertz CT molecular complexity index is 191. The van der Waals surface area contributed by atoms with E-state index in [4.69, 9.17) is 9.84 Å². The van der Waals surface area contributed by atoms with Gasteiger partial charge in [0, 0.05) is 20.3 Å². The first-order valence-electron chi connectivity index (χ1n) is 6.05. The highest BCUT2D eigenvalue weighted by Crippen LogP contribution is 2.13. The van der Waals surface area contributed by atoms with Crippen molar-refractivity contribution in [1.82, 2.24) is 5.32 Å². The van der Waals surface area contributed by atoms with Gasteiger partial charge >= 0.3 is 0 Å². The quantitative estimate of drug-likeness (QED) is 0.591. The largest absolute Gasteiger partial charge is 0.396 e. The number of methoxy groups -OCH3 is 1. The lowest BCUT2D eigenvalue weighted by Crippen LogP contribution is -2.45. The minimum atomic E-state index is -0.703. The first kappa shape index (κ1) is 15.4. The SMILES string of the molecule is CCC(C)(OC)C(=O)NCCCCCCO. The number of aliphatic hydroxyl groups is 1. The number of carbonyl (C=O) groups is 1. The number of ether oxygens (including phenoxy) is 1. The van der Waals surface area contributed by atoms with Crippen LogP contribution >= 0.6 is 0 Å². The van der Waals surface area contributed by atoms with Crippen molar-refractivity contribution in [2.45, 2.75) is 51.6 Å². The number of hydrogen-bond acceptors (Lipinski definition) is 3. The highest BCUT2D eigenvalue weighted by atomic mass is 16.5. The lowest BCUT2D eigenvalue weighted by molar-refractivity contribution is -0.141. The Morgan fingerprint density at radius 1 is 1.31 bits per heavy atom. The molecule has 0 aromatic carbocycles. The van der Waals surface area contributed by atoms with Crippen LogP contribution in [0.4, 0.5) is 0 Å². The summed E-state index contributed by atoms with van der Waals surface area (Å²) in [6.07, 6.45) is 4.52. The summed E-state index contributed by atoms with van der Waals surface area (Å²) in [6.45, 7) is 4.67. The summed E-state index contributed by atoms with van der Waals surface area (Å²) in [5.41, 5.74) is -0.703. The van der Waals surface area contributed by atoms with Crippen molar-refractivity contribution in [2.24, 2.45) is 0 Å². The second-order valence-electron chi connectivity index (χ2n) is 4.18. The van der Waals surface area contributed by atoms with Gasteiger partial charge in [0.1, 0.15) is 5.60 Å². The van der Waals surface area contributed by atoms with Crippen molar-refractivity contribution < 1.29 is 14.6 Å². The number of aliphatic hydroxyl groups excluding tert-OH is 1. The molecule has 1 amide bonds. The van der Waals surface area contributed by atoms with Gasteiger partial charge < -0.3 is 15.2 Å². The summed E-state index contributed by atoms with van der Waals surface area (Å²) in [5.74, 6) is -0.0420. The molecular formula is C12H25NO3. The first-order valence-corrected chi connectivity index (χ1v) is 6.05. The number of amides is 1. The van der Waals surface area contributed by atoms with Crippen molar-refractivity contribution in [3.05, 3.63) is 0 Å². The van der Waals surface area contributed by atoms with Crippen LogP contribution in [0.5, 0.6) is 0 Å². The monoisotopic (exact) mass is 231 g/mol. The molecule has 0 spiro atoms. The van der Waals surface area contributed by atoms with E-state index in [1.54, 1.807) is 14.0 Å². The van der Waals surface area contributed by atoms with Crippen LogP contribution in [0.15, 0.2) is 0 Å². The fourth-order valence-electron chi connectivity index (χ4n) is 1.38. The van der Waals surface area contributed by atoms with Crippen LogP contribution < -0.4 is 5.32 Å². The van der Waals surface area contributed by atoms with Gasteiger partial charge in [0.25, 0.3) is 5.91 Å². The van der Waals surface area contributed by atoms with E-state index in [1.165, 1.54) is 0 Å². The Kier molecular flexibility index (Phi) is 8.21. The van der Waals surface area contributed by atoms with Gasteiger partial charge in [-0.25, -0.2) is 0 Å². The molecule has 1 atom stereocenters. The topological polar surface area (TPSA) is 58.6 Å². The maximum absolute atomic E-state index is 11.7. The van der Waals surface area contributed by atoms with Crippen LogP contribution in [0.1, 0.15) is 46.0 Å². The molecular weight excluding hydrogens is 206 g/mol. The fourth-order valence-corrected chi connectivity index (χ4v) is 1.38. The normalized spacial score (nSPS) is 14.5. The van der Waals surface area contributed by atoms with Crippen LogP contribution in [0, 0.1) is 0 Å². The van der Waals surface area contributed by atoms with E-state index in [1.807, 2.05) is 6.92 Å². The van der Waals surface area contributed by atoms with Crippen LogP contribution in [0.2, 0.25) is 0 Å². The summed E-state index contributed by atoms with van der Waals surface area (Å²) >= 11 is 0. The van der Waals surface area contributed by atoms with Gasteiger partial charge in [0.2, 0.25) is 0 Å². The summed E-state index contributed by atoms with van der Waals surface area (Å²) in [7, 11) is 1.56. The van der Waals surface area contributed by atoms with E-state index in [0.717, 1.165) is 25.7 Å². The van der Waals surface area contributed by atoms with Crippen molar-refractivity contribution in [2.75, 3.05) is 20.3 Å². The van der Waals surface area contributed by atoms with Crippen molar-refractivity contribution >= 4 is 5.91 Å². The molecule has 0 aliphatic rings. The number of unbranched alkanes of at least 4 members (excludes halogenated alkanes) is 3. The summed E-state index contributed by atoms with van der Waals surface area (Å²) in [4.78, 5) is 11.7. The Hall–Kier alpha value is -0.610. The Labute approximate surface area is 98.4 Å². The third-order valence-electron chi connectivity index (χ3n) is 2.98. The Morgan fingerprint density at radius 3 is 2.44 bits per heavy atom. The van der Waals surface area contributed by atoms with Crippen LogP contribution in [-0.4, -0.2) is 36.9 Å². The number of hydrogen-bond donors (Lipinski definition) is 2. The van der Waals surface area contributed by atoms with Gasteiger partial charge in [0.05, 0.1) is 0 Å². The van der Waals surface area contributed by atoms with E-state index in [9.17, 15) is 4.79 Å². The highest BCUT2D eigenvalue weighted by molar-refractivity contribution is 5.84. The molecule has 96 valence electrons. The fraction of sp³-hybridized carbons (Fsp3) is 0.917. The van der Waals surface area contributed by atoms with E-state index >= 15 is 0 Å². The molecule has 4 heteroatoms. The molecule has 0 heterocycles. The number of rotatable bonds is 9. The van der Waals surface area contributed by atoms with Gasteiger partial charge in [-0.15, -0.1) is 0 Å². The Balaban J connectivity index is 3.64. The molecule has 4 nitrogen and oxygen atoms in total. The molecule has 0 aromatic rings. The number of carbonyl (C=O) groups excluding carboxylic acids is 1. The molecule has 0 fully saturated rings. The zero-order chi connectivity index (χ0) is 12.4. The van der Waals surface area contributed by atoms with Gasteiger partial charge in [-0.3, -0.25) is 4.79 Å². The van der Waals surface area contributed by atoms with E-state index in [2.05, 4.69) is 5.32 Å². The molecule has 0 rings (SSSR count). The predicted molar refractivity (Wildman–Crippen MR) is 64.3 cm³/mol. The third-order valence-corrected chi connectivity index (χ3v) is 2.98. The molecule has 0 aliphatic heterocycles. The molecule has 0 radical (unpaired) electrons. The van der Waals surface area contributed by atoms with Crippen LogP contribution in [-0.2, 0) is 9.53 Å². The summed E-state index contributed by atoms with van der Waals surface area (Å²) in [5, 5.41) is 11.5. The summed E-state index contributed by atoms with van der Waals surface area (Å²) < 4.78 is 5.20. The molecule has 16 heavy (non-hydrogen) atoms. The first-order chi connectivity index (χ1) is 7.60. The highest BCUT2D eigenvalue weighted by Gasteiger charge is 2.30. The molecule has 0 saturated heterocycles. The maximum Gasteiger partial charge on any atom is 0.251 e. The van der Waals surface area contributed by atoms with Crippen molar-refractivity contribution in [3.8, 4) is 0 Å². The third kappa shape index (κ3) is 5.47. The molecule has 0 saturated carbocycles. The average Bonchev–Trinajstić information content (AvgIpc) is 2.32.